The second-order valence-corrected chi connectivity index (χ2v) is 9.82. The third kappa shape index (κ3) is 3.79. The first-order valence-corrected chi connectivity index (χ1v) is 10.8. The van der Waals surface area contributed by atoms with Crippen molar-refractivity contribution >= 4 is 6.09 Å². The number of fused-ring (bicyclic) bond motifs is 2. The van der Waals surface area contributed by atoms with Crippen molar-refractivity contribution in [3.05, 3.63) is 35.4 Å². The van der Waals surface area contributed by atoms with E-state index in [2.05, 4.69) is 29.2 Å². The number of aryl methyl sites for hydroxylation is 1. The SMILES string of the molecule is CC(C)(C)OC(=O)N1CC[C@@H](N2CCC3(CCc4ccccc43)CC2)[C@H](O)C1. The van der Waals surface area contributed by atoms with Gasteiger partial charge in [-0.05, 0) is 82.5 Å². The highest BCUT2D eigenvalue weighted by Gasteiger charge is 2.44. The molecular weight excluding hydrogens is 352 g/mol. The Morgan fingerprint density at radius 3 is 2.54 bits per heavy atom. The van der Waals surface area contributed by atoms with E-state index in [4.69, 9.17) is 4.74 Å². The van der Waals surface area contributed by atoms with E-state index in [1.54, 1.807) is 10.5 Å². The lowest BCUT2D eigenvalue weighted by Gasteiger charge is -2.47. The number of hydrogen-bond donors (Lipinski definition) is 1. The quantitative estimate of drug-likeness (QED) is 0.804. The highest BCUT2D eigenvalue weighted by Crippen LogP contribution is 2.46. The zero-order valence-corrected chi connectivity index (χ0v) is 17.5. The molecule has 0 unspecified atom stereocenters. The topological polar surface area (TPSA) is 53.0 Å². The van der Waals surface area contributed by atoms with Gasteiger partial charge in [-0.1, -0.05) is 24.3 Å². The lowest BCUT2D eigenvalue weighted by Crippen LogP contribution is -2.58. The van der Waals surface area contributed by atoms with Gasteiger partial charge in [0.2, 0.25) is 0 Å². The Morgan fingerprint density at radius 1 is 1.14 bits per heavy atom. The van der Waals surface area contributed by atoms with E-state index in [0.29, 0.717) is 18.5 Å². The smallest absolute Gasteiger partial charge is 0.410 e. The monoisotopic (exact) mass is 386 g/mol. The molecule has 0 aromatic heterocycles. The molecule has 0 bridgehead atoms. The van der Waals surface area contributed by atoms with Crippen molar-refractivity contribution in [3.8, 4) is 0 Å². The first-order chi connectivity index (χ1) is 13.3. The van der Waals surface area contributed by atoms with Crippen LogP contribution < -0.4 is 0 Å². The van der Waals surface area contributed by atoms with Gasteiger partial charge in [0.15, 0.2) is 0 Å². The second-order valence-electron chi connectivity index (χ2n) is 9.82. The average molecular weight is 387 g/mol. The summed E-state index contributed by atoms with van der Waals surface area (Å²) >= 11 is 0. The molecule has 1 aromatic rings. The molecule has 0 saturated carbocycles. The summed E-state index contributed by atoms with van der Waals surface area (Å²) in [6.45, 7) is 8.70. The van der Waals surface area contributed by atoms with Crippen LogP contribution in [0.15, 0.2) is 24.3 Å². The van der Waals surface area contributed by atoms with Crippen molar-refractivity contribution in [1.82, 2.24) is 9.80 Å². The highest BCUT2D eigenvalue weighted by molar-refractivity contribution is 5.68. The minimum atomic E-state index is -0.508. The Hall–Kier alpha value is -1.59. The Kier molecular flexibility index (Phi) is 5.17. The van der Waals surface area contributed by atoms with Crippen LogP contribution in [0.1, 0.15) is 57.6 Å². The normalized spacial score (nSPS) is 27.6. The lowest BCUT2D eigenvalue weighted by atomic mass is 9.73. The fraction of sp³-hybridized carbons (Fsp3) is 0.696. The number of likely N-dealkylation sites (tertiary alicyclic amines) is 2. The van der Waals surface area contributed by atoms with Crippen LogP contribution in [0.25, 0.3) is 0 Å². The molecule has 3 aliphatic rings. The highest BCUT2D eigenvalue weighted by atomic mass is 16.6. The van der Waals surface area contributed by atoms with E-state index in [1.807, 2.05) is 20.8 Å². The minimum absolute atomic E-state index is 0.146. The maximum Gasteiger partial charge on any atom is 0.410 e. The largest absolute Gasteiger partial charge is 0.444 e. The number of β-amino-alcohol motifs (C(OH)–C–C–N with tert-alkyl or cyclic N) is 1. The molecule has 28 heavy (non-hydrogen) atoms. The third-order valence-corrected chi connectivity index (χ3v) is 6.88. The van der Waals surface area contributed by atoms with E-state index >= 15 is 0 Å². The number of piperidine rings is 2. The van der Waals surface area contributed by atoms with Gasteiger partial charge in [0.05, 0.1) is 12.6 Å². The summed E-state index contributed by atoms with van der Waals surface area (Å²) in [4.78, 5) is 16.4. The van der Waals surface area contributed by atoms with Crippen LogP contribution >= 0.6 is 0 Å². The molecule has 2 saturated heterocycles. The summed E-state index contributed by atoms with van der Waals surface area (Å²) in [6.07, 6.45) is 4.79. The molecule has 4 rings (SSSR count). The van der Waals surface area contributed by atoms with Gasteiger partial charge in [0, 0.05) is 12.6 Å². The summed E-state index contributed by atoms with van der Waals surface area (Å²) < 4.78 is 5.47. The molecule has 1 amide bonds. The van der Waals surface area contributed by atoms with Gasteiger partial charge in [-0.2, -0.15) is 0 Å². The first-order valence-electron chi connectivity index (χ1n) is 10.8. The van der Waals surface area contributed by atoms with E-state index in [-0.39, 0.29) is 12.1 Å². The number of amides is 1. The predicted octanol–water partition coefficient (Wildman–Crippen LogP) is 3.34. The number of nitrogens with zero attached hydrogens (tertiary/aromatic N) is 2. The number of aliphatic hydroxyl groups is 1. The number of ether oxygens (including phenoxy) is 1. The van der Waals surface area contributed by atoms with Crippen molar-refractivity contribution in [2.75, 3.05) is 26.2 Å². The van der Waals surface area contributed by atoms with Crippen LogP contribution in [0, 0.1) is 0 Å². The van der Waals surface area contributed by atoms with Crippen LogP contribution in [0.4, 0.5) is 4.79 Å². The lowest BCUT2D eigenvalue weighted by molar-refractivity contribution is -0.0379. The molecule has 1 aromatic carbocycles. The van der Waals surface area contributed by atoms with Gasteiger partial charge in [0.25, 0.3) is 0 Å². The van der Waals surface area contributed by atoms with Gasteiger partial charge in [-0.25, -0.2) is 4.79 Å². The summed E-state index contributed by atoms with van der Waals surface area (Å²) in [5.74, 6) is 0. The average Bonchev–Trinajstić information content (AvgIpc) is 3.00. The van der Waals surface area contributed by atoms with Gasteiger partial charge >= 0.3 is 6.09 Å². The zero-order chi connectivity index (χ0) is 19.9. The fourth-order valence-electron chi connectivity index (χ4n) is 5.40. The van der Waals surface area contributed by atoms with Gasteiger partial charge in [-0.3, -0.25) is 4.90 Å². The maximum atomic E-state index is 12.3. The predicted molar refractivity (Wildman–Crippen MR) is 109 cm³/mol. The molecule has 2 heterocycles. The van der Waals surface area contributed by atoms with Crippen molar-refractivity contribution < 1.29 is 14.6 Å². The van der Waals surface area contributed by atoms with E-state index < -0.39 is 11.7 Å². The molecule has 2 aliphatic heterocycles. The Labute approximate surface area is 168 Å². The Balaban J connectivity index is 1.34. The molecule has 1 spiro atoms. The molecule has 1 aliphatic carbocycles. The molecule has 5 nitrogen and oxygen atoms in total. The number of rotatable bonds is 1. The van der Waals surface area contributed by atoms with Crippen LogP contribution in [0.5, 0.6) is 0 Å². The zero-order valence-electron chi connectivity index (χ0n) is 17.5. The molecule has 2 fully saturated rings. The summed E-state index contributed by atoms with van der Waals surface area (Å²) in [5.41, 5.74) is 2.93. The minimum Gasteiger partial charge on any atom is -0.444 e. The Bertz CT molecular complexity index is 719. The van der Waals surface area contributed by atoms with Crippen molar-refractivity contribution in [1.29, 1.82) is 0 Å². The maximum absolute atomic E-state index is 12.3. The van der Waals surface area contributed by atoms with Crippen LogP contribution in [-0.2, 0) is 16.6 Å². The van der Waals surface area contributed by atoms with Crippen LogP contribution in [0.3, 0.4) is 0 Å². The van der Waals surface area contributed by atoms with Gasteiger partial charge in [-0.15, -0.1) is 0 Å². The first kappa shape index (κ1) is 19.7. The molecule has 5 heteroatoms. The van der Waals surface area contributed by atoms with Crippen LogP contribution in [-0.4, -0.2) is 64.9 Å². The summed E-state index contributed by atoms with van der Waals surface area (Å²) in [6, 6.07) is 9.09. The number of hydrogen-bond acceptors (Lipinski definition) is 4. The fourth-order valence-corrected chi connectivity index (χ4v) is 5.40. The standard InChI is InChI=1S/C23H34N2O3/c1-22(2,3)28-21(27)25-13-9-19(20(26)16-25)24-14-11-23(12-15-24)10-8-17-6-4-5-7-18(17)23/h4-7,19-20,26H,8-16H2,1-3H3/t19-,20-/m1/s1. The summed E-state index contributed by atoms with van der Waals surface area (Å²) in [7, 11) is 0. The number of carbonyl (C=O) groups is 1. The third-order valence-electron chi connectivity index (χ3n) is 6.88. The van der Waals surface area contributed by atoms with E-state index in [9.17, 15) is 9.90 Å². The second kappa shape index (κ2) is 7.34. The molecule has 154 valence electrons. The van der Waals surface area contributed by atoms with Crippen LogP contribution in [0.2, 0.25) is 0 Å². The number of carbonyl (C=O) groups excluding carboxylic acids is 1. The van der Waals surface area contributed by atoms with Crippen molar-refractivity contribution in [2.24, 2.45) is 0 Å². The molecule has 0 radical (unpaired) electrons. The van der Waals surface area contributed by atoms with E-state index in [1.165, 1.54) is 31.2 Å². The Morgan fingerprint density at radius 2 is 1.86 bits per heavy atom. The molecular formula is C23H34N2O3. The number of benzene rings is 1. The summed E-state index contributed by atoms with van der Waals surface area (Å²) in [5, 5.41) is 10.8. The van der Waals surface area contributed by atoms with Gasteiger partial charge in [0.1, 0.15) is 5.60 Å². The van der Waals surface area contributed by atoms with E-state index in [0.717, 1.165) is 19.5 Å². The van der Waals surface area contributed by atoms with Crippen molar-refractivity contribution in [2.45, 2.75) is 76.0 Å². The molecule has 1 N–H and O–H groups in total. The molecule has 2 atom stereocenters. The number of aliphatic hydroxyl groups excluding tert-OH is 1. The van der Waals surface area contributed by atoms with Crippen molar-refractivity contribution in [3.63, 3.8) is 0 Å². The van der Waals surface area contributed by atoms with Gasteiger partial charge < -0.3 is 14.7 Å².